The van der Waals surface area contributed by atoms with Crippen molar-refractivity contribution in [1.29, 1.82) is 0 Å². The highest BCUT2D eigenvalue weighted by atomic mass is 32.1. The van der Waals surface area contributed by atoms with Gasteiger partial charge in [0.1, 0.15) is 5.82 Å². The molecule has 6 heteroatoms. The summed E-state index contributed by atoms with van der Waals surface area (Å²) in [6.45, 7) is 0.627. The van der Waals surface area contributed by atoms with Crippen molar-refractivity contribution in [2.24, 2.45) is 0 Å². The third kappa shape index (κ3) is 4.28. The van der Waals surface area contributed by atoms with Crippen LogP contribution in [0.15, 0.2) is 30.3 Å². The van der Waals surface area contributed by atoms with E-state index in [1.807, 2.05) is 34.9 Å². The molecule has 0 radical (unpaired) electrons. The number of amides is 1. The number of aromatic amines is 1. The van der Waals surface area contributed by atoms with Gasteiger partial charge in [0, 0.05) is 6.04 Å². The molecule has 1 saturated carbocycles. The van der Waals surface area contributed by atoms with E-state index >= 15 is 0 Å². The van der Waals surface area contributed by atoms with E-state index in [1.165, 1.54) is 19.3 Å². The van der Waals surface area contributed by atoms with Crippen LogP contribution in [-0.2, 0) is 17.8 Å². The monoisotopic (exact) mass is 330 g/mol. The number of hydrogen-bond donors (Lipinski definition) is 2. The lowest BCUT2D eigenvalue weighted by molar-refractivity contribution is -0.121. The second-order valence-corrected chi connectivity index (χ2v) is 6.48. The molecule has 0 unspecified atom stereocenters. The van der Waals surface area contributed by atoms with Crippen molar-refractivity contribution in [3.8, 4) is 0 Å². The number of carbonyl (C=O) groups excluding carboxylic acids is 1. The van der Waals surface area contributed by atoms with E-state index < -0.39 is 0 Å². The van der Waals surface area contributed by atoms with Crippen LogP contribution in [0.25, 0.3) is 0 Å². The third-order valence-electron chi connectivity index (χ3n) is 4.31. The highest BCUT2D eigenvalue weighted by Gasteiger charge is 2.17. The van der Waals surface area contributed by atoms with Crippen LogP contribution in [0, 0.1) is 4.77 Å². The zero-order chi connectivity index (χ0) is 16.1. The molecule has 1 amide bonds. The summed E-state index contributed by atoms with van der Waals surface area (Å²) in [6.07, 6.45) is 6.12. The molecule has 1 aliphatic carbocycles. The molecule has 5 nitrogen and oxygen atoms in total. The summed E-state index contributed by atoms with van der Waals surface area (Å²) in [7, 11) is 0. The van der Waals surface area contributed by atoms with Crippen LogP contribution in [0.4, 0.5) is 0 Å². The molecule has 0 saturated heterocycles. The largest absolute Gasteiger partial charge is 0.353 e. The number of nitrogens with zero attached hydrogens (tertiary/aromatic N) is 2. The van der Waals surface area contributed by atoms with Gasteiger partial charge >= 0.3 is 0 Å². The van der Waals surface area contributed by atoms with Crippen molar-refractivity contribution in [3.05, 3.63) is 46.5 Å². The van der Waals surface area contributed by atoms with Crippen LogP contribution in [-0.4, -0.2) is 26.7 Å². The summed E-state index contributed by atoms with van der Waals surface area (Å²) in [5.74, 6) is 0.715. The summed E-state index contributed by atoms with van der Waals surface area (Å²) >= 11 is 5.30. The normalized spacial score (nSPS) is 15.5. The lowest BCUT2D eigenvalue weighted by Gasteiger charge is -2.22. The molecule has 0 atom stereocenters. The first-order valence-corrected chi connectivity index (χ1v) is 8.60. The summed E-state index contributed by atoms with van der Waals surface area (Å²) in [4.78, 5) is 12.3. The molecule has 122 valence electrons. The standard InChI is InChI=1S/C17H22N4OS/c22-16(18-14-9-5-2-6-10-14)11-15-19-20-17(23)21(15)12-13-7-3-1-4-8-13/h1,3-4,7-8,14H,2,5-6,9-12H2,(H,18,22)(H,20,23). The Kier molecular flexibility index (Phi) is 5.23. The minimum absolute atomic E-state index is 0.0280. The Morgan fingerprint density at radius 3 is 2.74 bits per heavy atom. The van der Waals surface area contributed by atoms with Gasteiger partial charge in [-0.2, -0.15) is 5.10 Å². The molecule has 1 aliphatic rings. The highest BCUT2D eigenvalue weighted by Crippen LogP contribution is 2.17. The summed E-state index contributed by atoms with van der Waals surface area (Å²) in [5.41, 5.74) is 1.14. The second kappa shape index (κ2) is 7.55. The van der Waals surface area contributed by atoms with Crippen molar-refractivity contribution in [3.63, 3.8) is 0 Å². The van der Waals surface area contributed by atoms with Crippen molar-refractivity contribution < 1.29 is 4.79 Å². The predicted octanol–water partition coefficient (Wildman–Crippen LogP) is 2.98. The van der Waals surface area contributed by atoms with Crippen molar-refractivity contribution in [2.45, 2.75) is 51.1 Å². The van der Waals surface area contributed by atoms with Gasteiger partial charge in [-0.15, -0.1) is 0 Å². The Bertz CT molecular complexity index is 701. The first kappa shape index (κ1) is 15.9. The minimum atomic E-state index is 0.0280. The average Bonchev–Trinajstić information content (AvgIpc) is 2.90. The first-order chi connectivity index (χ1) is 11.2. The van der Waals surface area contributed by atoms with Gasteiger partial charge in [-0.25, -0.2) is 0 Å². The maximum atomic E-state index is 12.3. The van der Waals surface area contributed by atoms with E-state index in [1.54, 1.807) is 0 Å². The molecule has 0 aliphatic heterocycles. The molecule has 1 heterocycles. The molecule has 1 aromatic heterocycles. The quantitative estimate of drug-likeness (QED) is 0.829. The predicted molar refractivity (Wildman–Crippen MR) is 91.7 cm³/mol. The topological polar surface area (TPSA) is 62.7 Å². The van der Waals surface area contributed by atoms with Gasteiger partial charge in [0.2, 0.25) is 5.91 Å². The van der Waals surface area contributed by atoms with Crippen molar-refractivity contribution in [2.75, 3.05) is 0 Å². The Balaban J connectivity index is 1.66. The lowest BCUT2D eigenvalue weighted by atomic mass is 9.95. The zero-order valence-corrected chi connectivity index (χ0v) is 13.9. The fourth-order valence-electron chi connectivity index (χ4n) is 3.08. The second-order valence-electron chi connectivity index (χ2n) is 6.10. The molecule has 1 fully saturated rings. The summed E-state index contributed by atoms with van der Waals surface area (Å²) in [5, 5.41) is 10.2. The van der Waals surface area contributed by atoms with Crippen LogP contribution in [0.3, 0.4) is 0 Å². The van der Waals surface area contributed by atoms with Crippen molar-refractivity contribution in [1.82, 2.24) is 20.1 Å². The van der Waals surface area contributed by atoms with Gasteiger partial charge in [-0.1, -0.05) is 49.6 Å². The van der Waals surface area contributed by atoms with Gasteiger partial charge in [0.25, 0.3) is 0 Å². The smallest absolute Gasteiger partial charge is 0.227 e. The van der Waals surface area contributed by atoms with E-state index in [2.05, 4.69) is 15.5 Å². The molecule has 1 aromatic carbocycles. The first-order valence-electron chi connectivity index (χ1n) is 8.20. The Morgan fingerprint density at radius 2 is 2.00 bits per heavy atom. The number of nitrogens with one attached hydrogen (secondary N) is 2. The fraction of sp³-hybridized carbons (Fsp3) is 0.471. The maximum absolute atomic E-state index is 12.3. The Hall–Kier alpha value is -1.95. The van der Waals surface area contributed by atoms with Crippen LogP contribution in [0.1, 0.15) is 43.5 Å². The van der Waals surface area contributed by atoms with Gasteiger partial charge in [-0.05, 0) is 30.6 Å². The molecule has 2 N–H and O–H groups in total. The van der Waals surface area contributed by atoms with E-state index in [9.17, 15) is 4.79 Å². The van der Waals surface area contributed by atoms with Crippen LogP contribution in [0.5, 0.6) is 0 Å². The van der Waals surface area contributed by atoms with Gasteiger partial charge in [0.05, 0.1) is 13.0 Å². The van der Waals surface area contributed by atoms with Gasteiger partial charge in [0.15, 0.2) is 4.77 Å². The molecular formula is C17H22N4OS. The number of rotatable bonds is 5. The van der Waals surface area contributed by atoms with Crippen LogP contribution >= 0.6 is 12.2 Å². The van der Waals surface area contributed by atoms with Gasteiger partial charge < -0.3 is 5.32 Å². The molecule has 2 aromatic rings. The molecule has 0 bridgehead atoms. The fourth-order valence-corrected chi connectivity index (χ4v) is 3.30. The lowest BCUT2D eigenvalue weighted by Crippen LogP contribution is -2.37. The van der Waals surface area contributed by atoms with Crippen LogP contribution < -0.4 is 5.32 Å². The molecule has 23 heavy (non-hydrogen) atoms. The molecular weight excluding hydrogens is 308 g/mol. The summed E-state index contributed by atoms with van der Waals surface area (Å²) in [6, 6.07) is 10.4. The number of carbonyl (C=O) groups is 1. The van der Waals surface area contributed by atoms with Gasteiger partial charge in [-0.3, -0.25) is 14.5 Å². The highest BCUT2D eigenvalue weighted by molar-refractivity contribution is 7.71. The average molecular weight is 330 g/mol. The summed E-state index contributed by atoms with van der Waals surface area (Å²) < 4.78 is 2.44. The minimum Gasteiger partial charge on any atom is -0.353 e. The van der Waals surface area contributed by atoms with E-state index in [0.717, 1.165) is 18.4 Å². The number of H-pyrrole nitrogens is 1. The van der Waals surface area contributed by atoms with Crippen LogP contribution in [0.2, 0.25) is 0 Å². The van der Waals surface area contributed by atoms with E-state index in [0.29, 0.717) is 23.2 Å². The van der Waals surface area contributed by atoms with E-state index in [4.69, 9.17) is 12.2 Å². The SMILES string of the molecule is O=C(Cc1n[nH]c(=S)n1Cc1ccccc1)NC1CCCCC1. The van der Waals surface area contributed by atoms with E-state index in [-0.39, 0.29) is 12.3 Å². The maximum Gasteiger partial charge on any atom is 0.227 e. The number of aromatic nitrogens is 3. The number of hydrogen-bond acceptors (Lipinski definition) is 3. The zero-order valence-electron chi connectivity index (χ0n) is 13.1. The Labute approximate surface area is 141 Å². The van der Waals surface area contributed by atoms with Crippen molar-refractivity contribution >= 4 is 18.1 Å². The molecule has 0 spiro atoms. The Morgan fingerprint density at radius 1 is 1.26 bits per heavy atom. The molecule has 3 rings (SSSR count). The third-order valence-corrected chi connectivity index (χ3v) is 4.62. The number of benzene rings is 1.